The normalized spacial score (nSPS) is 17.5. The summed E-state index contributed by atoms with van der Waals surface area (Å²) in [6.07, 6.45) is 3.65. The summed E-state index contributed by atoms with van der Waals surface area (Å²) in [4.78, 5) is 0. The fraction of sp³-hybridized carbons (Fsp3) is 0.600. The maximum Gasteiger partial charge on any atom is 0.0532 e. The van der Waals surface area contributed by atoms with Gasteiger partial charge in [-0.15, -0.1) is 0 Å². The van der Waals surface area contributed by atoms with Crippen LogP contribution in [-0.2, 0) is 6.42 Å². The lowest BCUT2D eigenvalue weighted by Crippen LogP contribution is -2.05. The van der Waals surface area contributed by atoms with Crippen molar-refractivity contribution in [2.45, 2.75) is 46.0 Å². The third kappa shape index (κ3) is 2.98. The zero-order valence-electron chi connectivity index (χ0n) is 10.7. The fourth-order valence-corrected chi connectivity index (χ4v) is 2.72. The molecule has 1 aliphatic carbocycles. The van der Waals surface area contributed by atoms with Crippen LogP contribution in [0.4, 0.5) is 0 Å². The molecular weight excluding hydrogens is 251 g/mol. The Balaban J connectivity index is 2.33. The van der Waals surface area contributed by atoms with Crippen molar-refractivity contribution in [3.05, 3.63) is 33.3 Å². The Labute approximate surface area is 114 Å². The van der Waals surface area contributed by atoms with Gasteiger partial charge in [-0.3, -0.25) is 0 Å². The third-order valence-corrected chi connectivity index (χ3v) is 4.60. The predicted octanol–water partition coefficient (Wildman–Crippen LogP) is 5.51. The summed E-state index contributed by atoms with van der Waals surface area (Å²) in [5.74, 6) is 1.83. The molecular formula is C15H19Cl2. The molecule has 0 amide bonds. The van der Waals surface area contributed by atoms with Crippen LogP contribution < -0.4 is 0 Å². The van der Waals surface area contributed by atoms with Crippen LogP contribution in [-0.4, -0.2) is 0 Å². The van der Waals surface area contributed by atoms with Crippen molar-refractivity contribution >= 4 is 23.2 Å². The average molecular weight is 270 g/mol. The van der Waals surface area contributed by atoms with Crippen LogP contribution in [0.1, 0.15) is 50.7 Å². The van der Waals surface area contributed by atoms with Gasteiger partial charge >= 0.3 is 0 Å². The van der Waals surface area contributed by atoms with Crippen LogP contribution in [0.5, 0.6) is 0 Å². The molecule has 0 N–H and O–H groups in total. The number of hydrogen-bond acceptors (Lipinski definition) is 0. The summed E-state index contributed by atoms with van der Waals surface area (Å²) in [6.45, 7) is 6.65. The monoisotopic (exact) mass is 269 g/mol. The van der Waals surface area contributed by atoms with Crippen molar-refractivity contribution in [3.8, 4) is 0 Å². The molecule has 1 fully saturated rings. The van der Waals surface area contributed by atoms with E-state index in [0.717, 1.165) is 22.9 Å². The summed E-state index contributed by atoms with van der Waals surface area (Å²) in [5, 5.41) is 1.59. The van der Waals surface area contributed by atoms with Crippen LogP contribution in [0.3, 0.4) is 0 Å². The highest BCUT2D eigenvalue weighted by Crippen LogP contribution is 2.40. The molecule has 0 saturated heterocycles. The molecule has 1 radical (unpaired) electrons. The second kappa shape index (κ2) is 5.20. The zero-order chi connectivity index (χ0) is 12.6. The summed E-state index contributed by atoms with van der Waals surface area (Å²) >= 11 is 12.7. The van der Waals surface area contributed by atoms with Crippen molar-refractivity contribution in [2.24, 2.45) is 11.8 Å². The molecule has 1 atom stereocenters. The van der Waals surface area contributed by atoms with E-state index in [2.05, 4.69) is 26.8 Å². The van der Waals surface area contributed by atoms with E-state index >= 15 is 0 Å². The molecule has 0 bridgehead atoms. The minimum Gasteiger partial charge on any atom is -0.0837 e. The fourth-order valence-electron chi connectivity index (χ4n) is 2.04. The molecule has 0 spiro atoms. The van der Waals surface area contributed by atoms with Gasteiger partial charge in [-0.25, -0.2) is 0 Å². The molecule has 2 rings (SSSR count). The molecule has 0 aliphatic heterocycles. The van der Waals surface area contributed by atoms with E-state index < -0.39 is 0 Å². The quantitative estimate of drug-likeness (QED) is 0.677. The maximum atomic E-state index is 6.52. The molecule has 0 aromatic heterocycles. The van der Waals surface area contributed by atoms with E-state index in [1.54, 1.807) is 0 Å². The van der Waals surface area contributed by atoms with Crippen LogP contribution in [0.25, 0.3) is 0 Å². The summed E-state index contributed by atoms with van der Waals surface area (Å²) < 4.78 is 0. The highest BCUT2D eigenvalue weighted by atomic mass is 35.5. The highest BCUT2D eigenvalue weighted by Gasteiger charge is 2.25. The Bertz CT molecular complexity index is 406. The smallest absolute Gasteiger partial charge is 0.0532 e. The number of benzene rings is 1. The zero-order valence-corrected chi connectivity index (χ0v) is 12.2. The van der Waals surface area contributed by atoms with Gasteiger partial charge in [0.25, 0.3) is 0 Å². The van der Waals surface area contributed by atoms with Crippen LogP contribution in [0.15, 0.2) is 6.07 Å². The Morgan fingerprint density at radius 2 is 1.94 bits per heavy atom. The maximum absolute atomic E-state index is 6.52. The first-order valence-electron chi connectivity index (χ1n) is 6.39. The number of rotatable bonds is 4. The van der Waals surface area contributed by atoms with Gasteiger partial charge in [-0.2, -0.15) is 0 Å². The molecule has 93 valence electrons. The first kappa shape index (κ1) is 13.2. The standard InChI is InChI=1S/C15H19Cl2/c1-9(2)10(3)12-6-7-14(16)13(15(12)17)8-11-4-5-11/h6,9-11H,4-5,8H2,1-3H3. The molecule has 2 heteroatoms. The highest BCUT2D eigenvalue weighted by molar-refractivity contribution is 6.36. The van der Waals surface area contributed by atoms with Gasteiger partial charge in [0, 0.05) is 11.1 Å². The number of hydrogen-bond donors (Lipinski definition) is 0. The van der Waals surface area contributed by atoms with E-state index in [0.29, 0.717) is 16.9 Å². The largest absolute Gasteiger partial charge is 0.0837 e. The lowest BCUT2D eigenvalue weighted by molar-refractivity contribution is 0.534. The van der Waals surface area contributed by atoms with Gasteiger partial charge < -0.3 is 0 Å². The average Bonchev–Trinajstić information content (AvgIpc) is 3.07. The Morgan fingerprint density at radius 1 is 1.29 bits per heavy atom. The molecule has 1 unspecified atom stereocenters. The molecule has 17 heavy (non-hydrogen) atoms. The lowest BCUT2D eigenvalue weighted by atomic mass is 9.88. The molecule has 0 heterocycles. The lowest BCUT2D eigenvalue weighted by Gasteiger charge is -2.19. The van der Waals surface area contributed by atoms with Crippen LogP contribution >= 0.6 is 23.2 Å². The van der Waals surface area contributed by atoms with Crippen LogP contribution in [0.2, 0.25) is 10.0 Å². The summed E-state index contributed by atoms with van der Waals surface area (Å²) in [7, 11) is 0. The second-order valence-corrected chi connectivity index (χ2v) is 6.29. The predicted molar refractivity (Wildman–Crippen MR) is 75.0 cm³/mol. The Kier molecular flexibility index (Phi) is 4.05. The van der Waals surface area contributed by atoms with E-state index in [4.69, 9.17) is 23.2 Å². The minimum atomic E-state index is 0.453. The van der Waals surface area contributed by atoms with Crippen LogP contribution in [0, 0.1) is 17.9 Å². The number of halogens is 2. The molecule has 1 aromatic carbocycles. The van der Waals surface area contributed by atoms with Gasteiger partial charge in [-0.1, -0.05) is 44.0 Å². The van der Waals surface area contributed by atoms with Crippen molar-refractivity contribution in [1.82, 2.24) is 0 Å². The molecule has 1 saturated carbocycles. The van der Waals surface area contributed by atoms with Crippen molar-refractivity contribution < 1.29 is 0 Å². The van der Waals surface area contributed by atoms with Gasteiger partial charge in [0.05, 0.1) is 5.02 Å². The Morgan fingerprint density at radius 3 is 2.47 bits per heavy atom. The van der Waals surface area contributed by atoms with E-state index in [9.17, 15) is 0 Å². The Hall–Kier alpha value is -0.200. The van der Waals surface area contributed by atoms with Gasteiger partial charge in [0.2, 0.25) is 0 Å². The van der Waals surface area contributed by atoms with E-state index in [1.165, 1.54) is 18.4 Å². The van der Waals surface area contributed by atoms with Gasteiger partial charge in [0.1, 0.15) is 0 Å². The first-order valence-corrected chi connectivity index (χ1v) is 7.14. The summed E-state index contributed by atoms with van der Waals surface area (Å²) in [5.41, 5.74) is 2.31. The summed E-state index contributed by atoms with van der Waals surface area (Å²) in [6, 6.07) is 5.12. The molecule has 1 aromatic rings. The van der Waals surface area contributed by atoms with Gasteiger partial charge in [0.15, 0.2) is 0 Å². The van der Waals surface area contributed by atoms with E-state index in [-0.39, 0.29) is 0 Å². The third-order valence-electron chi connectivity index (χ3n) is 3.82. The molecule has 0 nitrogen and oxygen atoms in total. The van der Waals surface area contributed by atoms with E-state index in [1.807, 2.05) is 6.07 Å². The minimum absolute atomic E-state index is 0.453. The topological polar surface area (TPSA) is 0 Å². The second-order valence-electron chi connectivity index (χ2n) is 5.53. The molecule has 1 aliphatic rings. The van der Waals surface area contributed by atoms with Gasteiger partial charge in [-0.05, 0) is 54.2 Å². The SMILES string of the molecule is CC(C)C(C)c1c[c]c(Cl)c(CC2CC2)c1Cl. The van der Waals surface area contributed by atoms with Crippen molar-refractivity contribution in [1.29, 1.82) is 0 Å². The van der Waals surface area contributed by atoms with Crippen molar-refractivity contribution in [3.63, 3.8) is 0 Å². The van der Waals surface area contributed by atoms with Crippen molar-refractivity contribution in [2.75, 3.05) is 0 Å². The first-order chi connectivity index (χ1) is 8.00.